The lowest BCUT2D eigenvalue weighted by molar-refractivity contribution is -0.140. The average Bonchev–Trinajstić information content (AvgIpc) is 2.75. The van der Waals surface area contributed by atoms with Crippen LogP contribution in [0.3, 0.4) is 0 Å². The number of ether oxygens (including phenoxy) is 2. The van der Waals surface area contributed by atoms with Crippen LogP contribution in [0.4, 0.5) is 4.39 Å². The molecule has 2 rings (SSSR count). The standard InChI is InChI=1S/C25H29FO7/c1-15(2)21-14-22(32-3)25(33-11-10-27)24(16-4-6-17(26)7-5-16)20(21)9-8-18(28)12-19(29)13-23(30)31/h4-9,14-15,18,27-28H,10-13H2,1-3H3,(H,30,31)/b9-8+. The van der Waals surface area contributed by atoms with Gasteiger partial charge < -0.3 is 24.8 Å². The van der Waals surface area contributed by atoms with Crippen LogP contribution in [0.15, 0.2) is 36.4 Å². The number of Topliss-reactive ketones (excluding diaryl/α,β-unsaturated/α-hetero) is 1. The van der Waals surface area contributed by atoms with Crippen LogP contribution in [0.2, 0.25) is 0 Å². The first-order valence-corrected chi connectivity index (χ1v) is 10.5. The molecule has 1 unspecified atom stereocenters. The summed E-state index contributed by atoms with van der Waals surface area (Å²) >= 11 is 0. The Morgan fingerprint density at radius 2 is 1.85 bits per heavy atom. The molecule has 0 aliphatic heterocycles. The third-order valence-corrected chi connectivity index (χ3v) is 4.90. The van der Waals surface area contributed by atoms with E-state index in [1.807, 2.05) is 13.8 Å². The van der Waals surface area contributed by atoms with E-state index < -0.39 is 30.1 Å². The van der Waals surface area contributed by atoms with Gasteiger partial charge in [-0.3, -0.25) is 9.59 Å². The van der Waals surface area contributed by atoms with Gasteiger partial charge in [-0.2, -0.15) is 0 Å². The molecule has 0 spiro atoms. The normalized spacial score (nSPS) is 12.2. The SMILES string of the molecule is COc1cc(C(C)C)c(/C=C/C(O)CC(=O)CC(=O)O)c(-c2ccc(F)cc2)c1OCCO. The fourth-order valence-corrected chi connectivity index (χ4v) is 3.43. The average molecular weight is 460 g/mol. The van der Waals surface area contributed by atoms with Gasteiger partial charge in [-0.05, 0) is 40.8 Å². The number of aliphatic carboxylic acids is 1. The molecule has 1 atom stereocenters. The Hall–Kier alpha value is -3.23. The van der Waals surface area contributed by atoms with Crippen LogP contribution in [0.5, 0.6) is 11.5 Å². The van der Waals surface area contributed by atoms with Crippen LogP contribution in [0.1, 0.15) is 43.7 Å². The molecule has 0 fully saturated rings. The second-order valence-corrected chi connectivity index (χ2v) is 7.76. The topological polar surface area (TPSA) is 113 Å². The number of carbonyl (C=O) groups excluding carboxylic acids is 1. The Kier molecular flexibility index (Phi) is 9.57. The third kappa shape index (κ3) is 7.13. The van der Waals surface area contributed by atoms with E-state index in [9.17, 15) is 24.2 Å². The van der Waals surface area contributed by atoms with E-state index in [4.69, 9.17) is 14.6 Å². The lowest BCUT2D eigenvalue weighted by Gasteiger charge is -2.22. The number of rotatable bonds is 12. The van der Waals surface area contributed by atoms with Crippen LogP contribution in [0, 0.1) is 5.82 Å². The van der Waals surface area contributed by atoms with Gasteiger partial charge in [0.25, 0.3) is 0 Å². The summed E-state index contributed by atoms with van der Waals surface area (Å²) < 4.78 is 24.9. The van der Waals surface area contributed by atoms with Crippen molar-refractivity contribution >= 4 is 17.8 Å². The number of hydrogen-bond donors (Lipinski definition) is 3. The van der Waals surface area contributed by atoms with E-state index >= 15 is 0 Å². The summed E-state index contributed by atoms with van der Waals surface area (Å²) in [5.41, 5.74) is 2.71. The van der Waals surface area contributed by atoms with Crippen molar-refractivity contribution in [1.29, 1.82) is 0 Å². The molecule has 0 aromatic heterocycles. The Labute approximate surface area is 192 Å². The molecule has 8 heteroatoms. The van der Waals surface area contributed by atoms with Gasteiger partial charge in [0.1, 0.15) is 24.6 Å². The van der Waals surface area contributed by atoms with Gasteiger partial charge in [0.2, 0.25) is 0 Å². The van der Waals surface area contributed by atoms with Crippen molar-refractivity contribution in [3.05, 3.63) is 53.4 Å². The highest BCUT2D eigenvalue weighted by atomic mass is 19.1. The number of carbonyl (C=O) groups is 2. The van der Waals surface area contributed by atoms with Crippen molar-refractivity contribution in [2.75, 3.05) is 20.3 Å². The summed E-state index contributed by atoms with van der Waals surface area (Å²) in [5, 5.41) is 28.3. The van der Waals surface area contributed by atoms with Crippen molar-refractivity contribution < 1.29 is 38.8 Å². The molecule has 2 aromatic rings. The van der Waals surface area contributed by atoms with Crippen molar-refractivity contribution in [2.24, 2.45) is 0 Å². The third-order valence-electron chi connectivity index (χ3n) is 4.90. The van der Waals surface area contributed by atoms with Gasteiger partial charge in [0.15, 0.2) is 11.5 Å². The molecule has 3 N–H and O–H groups in total. The Morgan fingerprint density at radius 3 is 2.39 bits per heavy atom. The number of benzene rings is 2. The first-order chi connectivity index (χ1) is 15.7. The van der Waals surface area contributed by atoms with Crippen molar-refractivity contribution in [3.8, 4) is 22.6 Å². The zero-order valence-electron chi connectivity index (χ0n) is 18.9. The highest BCUT2D eigenvalue weighted by Crippen LogP contribution is 2.45. The molecule has 0 saturated heterocycles. The van der Waals surface area contributed by atoms with Crippen LogP contribution in [0.25, 0.3) is 17.2 Å². The first kappa shape index (κ1) is 26.0. The molecule has 0 amide bonds. The zero-order chi connectivity index (χ0) is 24.5. The maximum absolute atomic E-state index is 13.6. The predicted octanol–water partition coefficient (Wildman–Crippen LogP) is 3.80. The van der Waals surface area contributed by atoms with E-state index in [1.54, 1.807) is 24.3 Å². The van der Waals surface area contributed by atoms with Gasteiger partial charge in [0.05, 0.1) is 19.8 Å². The second-order valence-electron chi connectivity index (χ2n) is 7.76. The number of aliphatic hydroxyl groups is 2. The van der Waals surface area contributed by atoms with E-state index in [1.165, 1.54) is 25.3 Å². The number of carboxylic acids is 1. The molecule has 0 aliphatic rings. The zero-order valence-corrected chi connectivity index (χ0v) is 18.9. The molecule has 0 bridgehead atoms. The van der Waals surface area contributed by atoms with Crippen LogP contribution >= 0.6 is 0 Å². The number of aliphatic hydroxyl groups excluding tert-OH is 2. The van der Waals surface area contributed by atoms with Gasteiger partial charge in [0, 0.05) is 12.0 Å². The predicted molar refractivity (Wildman–Crippen MR) is 122 cm³/mol. The minimum absolute atomic E-state index is 0.00104. The van der Waals surface area contributed by atoms with Gasteiger partial charge >= 0.3 is 5.97 Å². The van der Waals surface area contributed by atoms with Crippen molar-refractivity contribution in [3.63, 3.8) is 0 Å². The molecule has 2 aromatic carbocycles. The summed E-state index contributed by atoms with van der Waals surface area (Å²) in [5.74, 6) is -1.45. The van der Waals surface area contributed by atoms with Gasteiger partial charge in [-0.25, -0.2) is 4.39 Å². The Balaban J connectivity index is 2.65. The molecule has 7 nitrogen and oxygen atoms in total. The van der Waals surface area contributed by atoms with Crippen LogP contribution in [-0.2, 0) is 9.59 Å². The highest BCUT2D eigenvalue weighted by Gasteiger charge is 2.22. The fourth-order valence-electron chi connectivity index (χ4n) is 3.43. The monoisotopic (exact) mass is 460 g/mol. The van der Waals surface area contributed by atoms with E-state index in [-0.39, 0.29) is 25.6 Å². The molecule has 33 heavy (non-hydrogen) atoms. The fraction of sp³-hybridized carbons (Fsp3) is 0.360. The molecule has 0 saturated carbocycles. The summed E-state index contributed by atoms with van der Waals surface area (Å²) in [6, 6.07) is 7.60. The molecule has 0 aliphatic carbocycles. The molecular weight excluding hydrogens is 431 g/mol. The summed E-state index contributed by atoms with van der Waals surface area (Å²) in [4.78, 5) is 22.5. The van der Waals surface area contributed by atoms with E-state index in [0.29, 0.717) is 28.2 Å². The highest BCUT2D eigenvalue weighted by molar-refractivity contribution is 5.95. The van der Waals surface area contributed by atoms with Crippen LogP contribution in [-0.4, -0.2) is 53.5 Å². The Bertz CT molecular complexity index is 997. The number of halogens is 1. The minimum Gasteiger partial charge on any atom is -0.493 e. The van der Waals surface area contributed by atoms with E-state index in [0.717, 1.165) is 5.56 Å². The second kappa shape index (κ2) is 12.1. The lowest BCUT2D eigenvalue weighted by Crippen LogP contribution is -2.14. The van der Waals surface area contributed by atoms with Crippen LogP contribution < -0.4 is 9.47 Å². The maximum Gasteiger partial charge on any atom is 0.310 e. The minimum atomic E-state index is -1.25. The smallest absolute Gasteiger partial charge is 0.310 e. The molecule has 0 radical (unpaired) electrons. The molecule has 178 valence electrons. The molecule has 0 heterocycles. The maximum atomic E-state index is 13.6. The van der Waals surface area contributed by atoms with E-state index in [2.05, 4.69) is 0 Å². The number of methoxy groups -OCH3 is 1. The number of ketones is 1. The largest absolute Gasteiger partial charge is 0.493 e. The van der Waals surface area contributed by atoms with Crippen molar-refractivity contribution in [1.82, 2.24) is 0 Å². The summed E-state index contributed by atoms with van der Waals surface area (Å²) in [7, 11) is 1.49. The lowest BCUT2D eigenvalue weighted by atomic mass is 9.88. The quantitative estimate of drug-likeness (QED) is 0.413. The van der Waals surface area contributed by atoms with Gasteiger partial charge in [-0.15, -0.1) is 0 Å². The molecular formula is C25H29FO7. The number of carboxylic acid groups (broad SMARTS) is 1. The van der Waals surface area contributed by atoms with Crippen molar-refractivity contribution in [2.45, 2.75) is 38.7 Å². The van der Waals surface area contributed by atoms with Gasteiger partial charge in [-0.1, -0.05) is 38.1 Å². The number of hydrogen-bond acceptors (Lipinski definition) is 6. The Morgan fingerprint density at radius 1 is 1.18 bits per heavy atom. The summed E-state index contributed by atoms with van der Waals surface area (Å²) in [6.07, 6.45) is 0.858. The first-order valence-electron chi connectivity index (χ1n) is 10.5. The summed E-state index contributed by atoms with van der Waals surface area (Å²) in [6.45, 7) is 3.72.